The lowest BCUT2D eigenvalue weighted by atomic mass is 9.81. The van der Waals surface area contributed by atoms with Gasteiger partial charge in [-0.15, -0.1) is 0 Å². The summed E-state index contributed by atoms with van der Waals surface area (Å²) in [5.74, 6) is 1.07. The third-order valence-corrected chi connectivity index (χ3v) is 30.7. The highest BCUT2D eigenvalue weighted by molar-refractivity contribution is 6.41. The molecule has 130 heavy (non-hydrogen) atoms. The summed E-state index contributed by atoms with van der Waals surface area (Å²) in [6.07, 6.45) is 9.44. The minimum Gasteiger partial charge on any atom is -0.455 e. The van der Waals surface area contributed by atoms with Crippen LogP contribution in [-0.4, -0.2) is 0 Å². The summed E-state index contributed by atoms with van der Waals surface area (Å²) in [6, 6.07) is 106. The molecule has 2 aliphatic rings. The molecule has 24 aromatic rings. The van der Waals surface area contributed by atoms with Crippen LogP contribution < -0.4 is 0 Å². The Kier molecular flexibility index (Phi) is 17.8. The lowest BCUT2D eigenvalue weighted by Crippen LogP contribution is -1.96. The van der Waals surface area contributed by atoms with Crippen molar-refractivity contribution in [2.45, 2.75) is 146 Å². The van der Waals surface area contributed by atoms with E-state index in [1.807, 2.05) is 0 Å². The molecule has 2 aliphatic carbocycles. The van der Waals surface area contributed by atoms with Crippen LogP contribution in [0.25, 0.3) is 241 Å². The van der Waals surface area contributed by atoms with Crippen LogP contribution in [-0.2, 0) is 25.7 Å². The van der Waals surface area contributed by atoms with E-state index in [0.29, 0.717) is 11.8 Å². The van der Waals surface area contributed by atoms with E-state index in [-0.39, 0.29) is 0 Å². The molecule has 0 aliphatic heterocycles. The molecule has 26 rings (SSSR count). The van der Waals surface area contributed by atoms with Gasteiger partial charge in [-0.2, -0.15) is 0 Å². The molecule has 4 heterocycles. The van der Waals surface area contributed by atoms with Gasteiger partial charge >= 0.3 is 0 Å². The van der Waals surface area contributed by atoms with Crippen LogP contribution in [0.15, 0.2) is 297 Å². The van der Waals surface area contributed by atoms with Gasteiger partial charge in [-0.05, 0) is 404 Å². The summed E-state index contributed by atoms with van der Waals surface area (Å²) in [4.78, 5) is 0. The minimum atomic E-state index is 0.535. The molecule has 4 aromatic heterocycles. The molecule has 0 N–H and O–H groups in total. The van der Waals surface area contributed by atoms with Crippen molar-refractivity contribution in [3.8, 4) is 89.0 Å². The zero-order valence-electron chi connectivity index (χ0n) is 76.0. The monoisotopic (exact) mass is 1680 g/mol. The number of fused-ring (bicyclic) bond motifs is 18. The molecule has 628 valence electrons. The van der Waals surface area contributed by atoms with Crippen molar-refractivity contribution in [2.75, 3.05) is 0 Å². The van der Waals surface area contributed by atoms with Crippen LogP contribution in [0.1, 0.15) is 143 Å². The average Bonchev–Trinajstić information content (AvgIpc) is 1.38. The van der Waals surface area contributed by atoms with Crippen LogP contribution in [0.2, 0.25) is 0 Å². The van der Waals surface area contributed by atoms with Crippen molar-refractivity contribution in [2.24, 2.45) is 0 Å². The molecule has 0 spiro atoms. The van der Waals surface area contributed by atoms with Gasteiger partial charge in [0.05, 0.1) is 0 Å². The fourth-order valence-corrected chi connectivity index (χ4v) is 23.6. The van der Waals surface area contributed by atoms with Crippen LogP contribution in [0, 0.1) is 55.4 Å². The van der Waals surface area contributed by atoms with Crippen molar-refractivity contribution in [3.05, 3.63) is 357 Å². The Bertz CT molecular complexity index is 8330. The van der Waals surface area contributed by atoms with Crippen molar-refractivity contribution < 1.29 is 17.7 Å². The standard InChI is InChI=1S/C64H54O2.C62H46O2/c1-9-35(3)41-17-21-43(22-18-41)45-25-27-47-53-31-51-50(60-39(7)15-12-16-40(60)8)34-56-62-52(49(59-37(5)13-11-14-38(59)6)33-55(61(51)62)63(53)65-57(47)29-45)32-54-48-28-26-46(30-58(48)66-64(54)56)44-23-19-42(20-24-44)36(4)10-2;1-33-9-5-10-34(2)57(33)47-31-53-60-50(30-52-46-24-22-44(28-56(46)63-61(52)53)42-20-18-38-14-8-16-40(38)26-42)48(58-35(3)11-6-12-36(58)4)32-54-59(60)49(47)29-51-45-23-21-43(27-55(45)64-62(51)54)41-19-17-37-13-7-15-39(37)25-41/h11-36H,9-10H2,1-8H3;5-6,9-12,17-32H,7-8,13-16H2,1-4H3. The Morgan fingerprint density at radius 3 is 0.708 bits per heavy atom. The van der Waals surface area contributed by atoms with E-state index in [2.05, 4.69) is 362 Å². The second-order valence-corrected chi connectivity index (χ2v) is 38.4. The van der Waals surface area contributed by atoms with Crippen LogP contribution in [0.4, 0.5) is 0 Å². The third-order valence-electron chi connectivity index (χ3n) is 30.7. The van der Waals surface area contributed by atoms with E-state index >= 15 is 0 Å². The predicted octanol–water partition coefficient (Wildman–Crippen LogP) is 36.6. The summed E-state index contributed by atoms with van der Waals surface area (Å²) < 4.78 is 28.8. The average molecular weight is 1680 g/mol. The van der Waals surface area contributed by atoms with Crippen molar-refractivity contribution in [1.29, 1.82) is 0 Å². The molecule has 0 saturated heterocycles. The molecule has 2 unspecified atom stereocenters. The molecule has 0 amide bonds. The SMILES string of the molecule is CCC(C)c1ccc(-c2ccc3c(c2)oc2c3cc3c(-c4c(C)cccc4C)cc4c5oc6cc(-c7ccc(C(C)CC)cc7)ccc6c5cc5c(-c6c(C)cccc6C)cc2c3c54)cc1.Cc1cccc(C)c1-c1cc2c3oc4cc(-c5ccc6c(c5)CCC6)ccc4c3cc3c(-c4c(C)cccc4C)cc4c5oc6cc(-c7ccc8c(c7)CCC8)ccc6c5cc1c4c32. The van der Waals surface area contributed by atoms with E-state index in [4.69, 9.17) is 17.7 Å². The molecule has 4 nitrogen and oxygen atoms in total. The Balaban J connectivity index is 0.000000140. The highest BCUT2D eigenvalue weighted by Crippen LogP contribution is 2.56. The summed E-state index contributed by atoms with van der Waals surface area (Å²) >= 11 is 0. The maximum absolute atomic E-state index is 7.20. The second-order valence-electron chi connectivity index (χ2n) is 38.4. The highest BCUT2D eigenvalue weighted by Gasteiger charge is 2.31. The van der Waals surface area contributed by atoms with Gasteiger partial charge in [-0.3, -0.25) is 0 Å². The van der Waals surface area contributed by atoms with E-state index in [9.17, 15) is 0 Å². The lowest BCUT2D eigenvalue weighted by Gasteiger charge is -2.21. The van der Waals surface area contributed by atoms with Gasteiger partial charge in [0.1, 0.15) is 44.7 Å². The lowest BCUT2D eigenvalue weighted by molar-refractivity contribution is 0.672. The summed E-state index contributed by atoms with van der Waals surface area (Å²) in [7, 11) is 0. The molecule has 20 aromatic carbocycles. The molecule has 2 atom stereocenters. The molecule has 0 bridgehead atoms. The van der Waals surface area contributed by atoms with Crippen LogP contribution in [0.5, 0.6) is 0 Å². The number of aryl methyl sites for hydroxylation is 12. The van der Waals surface area contributed by atoms with Crippen molar-refractivity contribution in [3.63, 3.8) is 0 Å². The van der Waals surface area contributed by atoms with Gasteiger partial charge in [-0.1, -0.05) is 210 Å². The second kappa shape index (κ2) is 29.6. The Hall–Kier alpha value is -14.3. The number of hydrogen-bond acceptors (Lipinski definition) is 4. The maximum Gasteiger partial charge on any atom is 0.143 e. The molecule has 0 radical (unpaired) electrons. The van der Waals surface area contributed by atoms with Gasteiger partial charge in [0.2, 0.25) is 0 Å². The number of rotatable bonds is 12. The highest BCUT2D eigenvalue weighted by atomic mass is 16.3. The largest absolute Gasteiger partial charge is 0.455 e. The number of furan rings is 4. The Morgan fingerprint density at radius 1 is 0.215 bits per heavy atom. The molecular formula is C126H100O4. The number of benzene rings is 20. The summed E-state index contributed by atoms with van der Waals surface area (Å²) in [5.41, 5.74) is 45.7. The Labute approximate surface area is 757 Å². The van der Waals surface area contributed by atoms with Crippen molar-refractivity contribution in [1.82, 2.24) is 0 Å². The maximum atomic E-state index is 7.20. The topological polar surface area (TPSA) is 52.6 Å². The normalized spacial score (nSPS) is 13.5. The first kappa shape index (κ1) is 78.0. The first-order valence-corrected chi connectivity index (χ1v) is 47.2. The number of hydrogen-bond donors (Lipinski definition) is 0. The first-order chi connectivity index (χ1) is 63.4. The van der Waals surface area contributed by atoms with Gasteiger partial charge in [0.25, 0.3) is 0 Å². The molecular weight excluding hydrogens is 1580 g/mol. The van der Waals surface area contributed by atoms with E-state index in [1.54, 1.807) is 0 Å². The van der Waals surface area contributed by atoms with Crippen molar-refractivity contribution >= 4 is 152 Å². The predicted molar refractivity (Wildman–Crippen MR) is 552 cm³/mol. The van der Waals surface area contributed by atoms with E-state index in [1.165, 1.54) is 225 Å². The third kappa shape index (κ3) is 11.9. The van der Waals surface area contributed by atoms with Crippen LogP contribution >= 0.6 is 0 Å². The van der Waals surface area contributed by atoms with E-state index in [0.717, 1.165) is 146 Å². The summed E-state index contributed by atoms with van der Waals surface area (Å²) in [5, 5.41) is 23.5. The first-order valence-electron chi connectivity index (χ1n) is 47.2. The quantitative estimate of drug-likeness (QED) is 0.114. The smallest absolute Gasteiger partial charge is 0.143 e. The van der Waals surface area contributed by atoms with Gasteiger partial charge in [0.15, 0.2) is 0 Å². The van der Waals surface area contributed by atoms with Gasteiger partial charge < -0.3 is 17.7 Å². The van der Waals surface area contributed by atoms with E-state index < -0.39 is 0 Å². The fourth-order valence-electron chi connectivity index (χ4n) is 23.6. The minimum absolute atomic E-state index is 0.535. The Morgan fingerprint density at radius 2 is 0.446 bits per heavy atom. The van der Waals surface area contributed by atoms with Gasteiger partial charge in [0, 0.05) is 86.2 Å². The van der Waals surface area contributed by atoms with Crippen LogP contribution in [0.3, 0.4) is 0 Å². The molecule has 0 fully saturated rings. The zero-order valence-corrected chi connectivity index (χ0v) is 76.0. The zero-order chi connectivity index (χ0) is 87.7. The fraction of sp³-hybridized carbons (Fsp3) is 0.175. The molecule has 0 saturated carbocycles. The molecule has 4 heteroatoms. The van der Waals surface area contributed by atoms with Gasteiger partial charge in [-0.25, -0.2) is 0 Å². The summed E-state index contributed by atoms with van der Waals surface area (Å²) in [6.45, 7) is 27.1.